The zero-order valence-corrected chi connectivity index (χ0v) is 21.1. The van der Waals surface area contributed by atoms with E-state index in [9.17, 15) is 9.59 Å². The number of nitrogens with one attached hydrogen (secondary N) is 1. The van der Waals surface area contributed by atoms with Crippen LogP contribution >= 0.6 is 0 Å². The van der Waals surface area contributed by atoms with Gasteiger partial charge in [-0.2, -0.15) is 5.10 Å². The van der Waals surface area contributed by atoms with Crippen molar-refractivity contribution in [1.82, 2.24) is 19.7 Å². The van der Waals surface area contributed by atoms with Crippen molar-refractivity contribution in [1.29, 1.82) is 0 Å². The first-order valence-electron chi connectivity index (χ1n) is 12.2. The third kappa shape index (κ3) is 4.42. The molecule has 0 atom stereocenters. The lowest BCUT2D eigenvalue weighted by atomic mass is 10.00. The van der Waals surface area contributed by atoms with Gasteiger partial charge in [-0.15, -0.1) is 0 Å². The van der Waals surface area contributed by atoms with Crippen LogP contribution in [0.2, 0.25) is 0 Å². The molecule has 2 heterocycles. The van der Waals surface area contributed by atoms with Gasteiger partial charge in [0.15, 0.2) is 0 Å². The monoisotopic (exact) mass is 478 g/mol. The molecule has 0 saturated heterocycles. The van der Waals surface area contributed by atoms with Crippen molar-refractivity contribution in [3.63, 3.8) is 0 Å². The van der Waals surface area contributed by atoms with Gasteiger partial charge >= 0.3 is 0 Å². The molecule has 0 aliphatic heterocycles. The minimum Gasteiger partial charge on any atom is -0.350 e. The quantitative estimate of drug-likeness (QED) is 0.375. The maximum absolute atomic E-state index is 13.7. The maximum atomic E-state index is 13.7. The van der Waals surface area contributed by atoms with Gasteiger partial charge in [-0.1, -0.05) is 65.7 Å². The van der Waals surface area contributed by atoms with Gasteiger partial charge in [0.25, 0.3) is 5.56 Å². The molecule has 3 aromatic carbocycles. The van der Waals surface area contributed by atoms with E-state index < -0.39 is 0 Å². The van der Waals surface area contributed by atoms with Crippen LogP contribution in [0.5, 0.6) is 0 Å². The van der Waals surface area contributed by atoms with Crippen LogP contribution in [0.4, 0.5) is 0 Å². The summed E-state index contributed by atoms with van der Waals surface area (Å²) in [6, 6.07) is 20.3. The van der Waals surface area contributed by atoms with Crippen LogP contribution in [-0.2, 0) is 24.4 Å². The number of carbonyl (C=O) groups excluding carboxylic acids is 1. The standard InChI is InChI=1S/C30H30N4O2/c1-19-9-11-23(12-10-19)15-31-28(35)18-34-30(36)29-25(16-32-34)24-7-5-6-8-27(24)33(29)17-26-21(3)13-20(2)14-22(26)4/h5-14,16H,15,17-18H2,1-4H3,(H,31,35). The normalized spacial score (nSPS) is 11.3. The van der Waals surface area contributed by atoms with Crippen LogP contribution in [0.25, 0.3) is 21.8 Å². The lowest BCUT2D eigenvalue weighted by Gasteiger charge is -2.14. The van der Waals surface area contributed by atoms with Gasteiger partial charge in [-0.25, -0.2) is 4.68 Å². The van der Waals surface area contributed by atoms with E-state index in [1.807, 2.05) is 55.5 Å². The van der Waals surface area contributed by atoms with E-state index in [4.69, 9.17) is 0 Å². The van der Waals surface area contributed by atoms with Crippen LogP contribution in [0.1, 0.15) is 33.4 Å². The third-order valence-corrected chi connectivity index (χ3v) is 6.83. The van der Waals surface area contributed by atoms with Gasteiger partial charge in [0.1, 0.15) is 12.1 Å². The molecule has 6 nitrogen and oxygen atoms in total. The number of nitrogens with zero attached hydrogens (tertiary/aromatic N) is 3. The first kappa shape index (κ1) is 23.5. The highest BCUT2D eigenvalue weighted by molar-refractivity contribution is 6.07. The van der Waals surface area contributed by atoms with Crippen molar-refractivity contribution >= 4 is 27.7 Å². The topological polar surface area (TPSA) is 68.9 Å². The largest absolute Gasteiger partial charge is 0.350 e. The number of hydrogen-bond acceptors (Lipinski definition) is 3. The molecule has 0 unspecified atom stereocenters. The fraction of sp³-hybridized carbons (Fsp3) is 0.233. The number of rotatable bonds is 6. The van der Waals surface area contributed by atoms with Crippen molar-refractivity contribution in [2.75, 3.05) is 0 Å². The Kier molecular flexibility index (Phi) is 6.18. The van der Waals surface area contributed by atoms with Gasteiger partial charge < -0.3 is 9.88 Å². The van der Waals surface area contributed by atoms with E-state index >= 15 is 0 Å². The Morgan fingerprint density at radius 2 is 1.58 bits per heavy atom. The number of aromatic nitrogens is 3. The molecule has 1 N–H and O–H groups in total. The number of amides is 1. The maximum Gasteiger partial charge on any atom is 0.291 e. The number of fused-ring (bicyclic) bond motifs is 3. The van der Waals surface area contributed by atoms with Crippen LogP contribution in [-0.4, -0.2) is 20.3 Å². The smallest absolute Gasteiger partial charge is 0.291 e. The van der Waals surface area contributed by atoms with Crippen LogP contribution in [0.3, 0.4) is 0 Å². The minimum atomic E-state index is -0.267. The summed E-state index contributed by atoms with van der Waals surface area (Å²) in [5.41, 5.74) is 8.27. The summed E-state index contributed by atoms with van der Waals surface area (Å²) in [6.45, 7) is 9.19. The number of benzene rings is 3. The Morgan fingerprint density at radius 3 is 2.31 bits per heavy atom. The number of aryl methyl sites for hydroxylation is 4. The molecular formula is C30H30N4O2. The van der Waals surface area contributed by atoms with E-state index in [2.05, 4.69) is 47.9 Å². The summed E-state index contributed by atoms with van der Waals surface area (Å²) in [5.74, 6) is -0.252. The Hall–Kier alpha value is -4.19. The summed E-state index contributed by atoms with van der Waals surface area (Å²) in [7, 11) is 0. The third-order valence-electron chi connectivity index (χ3n) is 6.83. The van der Waals surface area contributed by atoms with Crippen molar-refractivity contribution in [3.8, 4) is 0 Å². The molecule has 1 amide bonds. The predicted molar refractivity (Wildman–Crippen MR) is 144 cm³/mol. The van der Waals surface area contributed by atoms with E-state index in [-0.39, 0.29) is 18.0 Å². The molecule has 0 bridgehead atoms. The summed E-state index contributed by atoms with van der Waals surface area (Å²) >= 11 is 0. The van der Waals surface area contributed by atoms with E-state index in [0.717, 1.165) is 21.9 Å². The Morgan fingerprint density at radius 1 is 0.889 bits per heavy atom. The van der Waals surface area contributed by atoms with E-state index in [1.165, 1.54) is 32.5 Å². The Bertz CT molecular complexity index is 1640. The Balaban J connectivity index is 1.52. The summed E-state index contributed by atoms with van der Waals surface area (Å²) in [5, 5.41) is 9.04. The highest BCUT2D eigenvalue weighted by Gasteiger charge is 2.18. The van der Waals surface area contributed by atoms with Crippen molar-refractivity contribution in [2.24, 2.45) is 0 Å². The lowest BCUT2D eigenvalue weighted by Crippen LogP contribution is -2.33. The molecule has 5 rings (SSSR count). The molecule has 0 aliphatic rings. The predicted octanol–water partition coefficient (Wildman–Crippen LogP) is 4.95. The molecule has 0 aliphatic carbocycles. The molecule has 182 valence electrons. The van der Waals surface area contributed by atoms with E-state index in [1.54, 1.807) is 6.20 Å². The Labute approximate surface area is 210 Å². The van der Waals surface area contributed by atoms with Crippen molar-refractivity contribution < 1.29 is 4.79 Å². The zero-order valence-electron chi connectivity index (χ0n) is 21.1. The van der Waals surface area contributed by atoms with Gasteiger partial charge in [0.05, 0.1) is 6.20 Å². The van der Waals surface area contributed by atoms with Gasteiger partial charge in [0.2, 0.25) is 5.91 Å². The van der Waals surface area contributed by atoms with Crippen molar-refractivity contribution in [3.05, 3.63) is 111 Å². The molecule has 2 aromatic heterocycles. The average Bonchev–Trinajstić information content (AvgIpc) is 3.17. The molecule has 36 heavy (non-hydrogen) atoms. The first-order chi connectivity index (χ1) is 17.3. The molecule has 0 fully saturated rings. The van der Waals surface area contributed by atoms with Crippen LogP contribution < -0.4 is 10.9 Å². The first-order valence-corrected chi connectivity index (χ1v) is 12.2. The zero-order chi connectivity index (χ0) is 25.4. The van der Waals surface area contributed by atoms with Gasteiger partial charge in [-0.05, 0) is 56.0 Å². The van der Waals surface area contributed by atoms with Crippen molar-refractivity contribution in [2.45, 2.75) is 47.3 Å². The number of para-hydroxylation sites is 1. The second-order valence-electron chi connectivity index (χ2n) is 9.61. The molecule has 0 spiro atoms. The second-order valence-corrected chi connectivity index (χ2v) is 9.61. The van der Waals surface area contributed by atoms with E-state index in [0.29, 0.717) is 18.6 Å². The fourth-order valence-corrected chi connectivity index (χ4v) is 4.99. The minimum absolute atomic E-state index is 0.134. The summed E-state index contributed by atoms with van der Waals surface area (Å²) in [4.78, 5) is 26.4. The second kappa shape index (κ2) is 9.46. The highest BCUT2D eigenvalue weighted by Crippen LogP contribution is 2.28. The SMILES string of the molecule is Cc1ccc(CNC(=O)Cn2ncc3c4ccccc4n(Cc4c(C)cc(C)cc4C)c3c2=O)cc1. The average molecular weight is 479 g/mol. The molecule has 5 aromatic rings. The molecule has 0 saturated carbocycles. The van der Waals surface area contributed by atoms with Crippen LogP contribution in [0, 0.1) is 27.7 Å². The highest BCUT2D eigenvalue weighted by atomic mass is 16.2. The van der Waals surface area contributed by atoms with Gasteiger partial charge in [-0.3, -0.25) is 9.59 Å². The van der Waals surface area contributed by atoms with Crippen LogP contribution in [0.15, 0.2) is 71.7 Å². The fourth-order valence-electron chi connectivity index (χ4n) is 4.99. The van der Waals surface area contributed by atoms with Gasteiger partial charge in [0, 0.05) is 29.4 Å². The molecule has 0 radical (unpaired) electrons. The lowest BCUT2D eigenvalue weighted by molar-refractivity contribution is -0.122. The molecule has 6 heteroatoms. The summed E-state index contributed by atoms with van der Waals surface area (Å²) < 4.78 is 3.33. The summed E-state index contributed by atoms with van der Waals surface area (Å²) in [6.07, 6.45) is 1.71. The number of hydrogen-bond donors (Lipinski definition) is 1. The molecular weight excluding hydrogens is 448 g/mol. The number of carbonyl (C=O) groups is 1.